The number of fused-ring (bicyclic) bond motifs is 1. The molecule has 0 radical (unpaired) electrons. The maximum atomic E-state index is 11.8. The molecule has 20 heavy (non-hydrogen) atoms. The smallest absolute Gasteiger partial charge is 0.289 e. The second-order valence-corrected chi connectivity index (χ2v) is 4.26. The highest BCUT2D eigenvalue weighted by molar-refractivity contribution is 6.44. The Labute approximate surface area is 116 Å². The number of carbonyl (C=O) groups excluding carboxylic acids is 2. The molecule has 0 saturated carbocycles. The van der Waals surface area contributed by atoms with Gasteiger partial charge in [0.25, 0.3) is 11.8 Å². The molecule has 0 aromatic heterocycles. The van der Waals surface area contributed by atoms with Crippen molar-refractivity contribution >= 4 is 23.4 Å². The van der Waals surface area contributed by atoms with Gasteiger partial charge in [0, 0.05) is 19.6 Å². The first-order valence-electron chi connectivity index (χ1n) is 6.38. The van der Waals surface area contributed by atoms with Crippen LogP contribution in [0.5, 0.6) is 0 Å². The topological polar surface area (TPSA) is 103 Å². The SMILES string of the molecule is O=C(NCCNCCO)C1=NC(=O)C2C=CC=CC2=N1. The van der Waals surface area contributed by atoms with Crippen LogP contribution in [-0.4, -0.2) is 54.7 Å². The molecule has 2 amide bonds. The first-order valence-corrected chi connectivity index (χ1v) is 6.38. The second-order valence-electron chi connectivity index (χ2n) is 4.26. The molecule has 0 fully saturated rings. The fourth-order valence-electron chi connectivity index (χ4n) is 1.82. The van der Waals surface area contributed by atoms with Gasteiger partial charge in [-0.3, -0.25) is 9.59 Å². The lowest BCUT2D eigenvalue weighted by Crippen LogP contribution is -2.39. The van der Waals surface area contributed by atoms with Crippen LogP contribution in [0.2, 0.25) is 0 Å². The normalized spacial score (nSPS) is 20.2. The number of aliphatic hydroxyl groups is 1. The number of amides is 2. The number of nitrogens with zero attached hydrogens (tertiary/aromatic N) is 2. The van der Waals surface area contributed by atoms with Crippen molar-refractivity contribution in [2.45, 2.75) is 0 Å². The van der Waals surface area contributed by atoms with E-state index in [1.807, 2.05) is 0 Å². The number of allylic oxidation sites excluding steroid dienone is 3. The zero-order valence-corrected chi connectivity index (χ0v) is 10.9. The summed E-state index contributed by atoms with van der Waals surface area (Å²) in [5, 5.41) is 14.1. The fourth-order valence-corrected chi connectivity index (χ4v) is 1.82. The van der Waals surface area contributed by atoms with Crippen LogP contribution in [0, 0.1) is 5.92 Å². The van der Waals surface area contributed by atoms with Crippen molar-refractivity contribution in [1.82, 2.24) is 10.6 Å². The summed E-state index contributed by atoms with van der Waals surface area (Å²) in [6.45, 7) is 1.41. The Balaban J connectivity index is 1.91. The van der Waals surface area contributed by atoms with Crippen molar-refractivity contribution in [1.29, 1.82) is 0 Å². The van der Waals surface area contributed by atoms with Crippen LogP contribution < -0.4 is 10.6 Å². The lowest BCUT2D eigenvalue weighted by Gasteiger charge is -2.17. The molecular formula is C13H16N4O3. The summed E-state index contributed by atoms with van der Waals surface area (Å²) < 4.78 is 0. The molecule has 1 aliphatic carbocycles. The molecule has 2 aliphatic rings. The van der Waals surface area contributed by atoms with Gasteiger partial charge in [0.2, 0.25) is 5.84 Å². The summed E-state index contributed by atoms with van der Waals surface area (Å²) in [5.74, 6) is -1.43. The van der Waals surface area contributed by atoms with Crippen LogP contribution >= 0.6 is 0 Å². The molecule has 1 aliphatic heterocycles. The predicted octanol–water partition coefficient (Wildman–Crippen LogP) is -1.19. The number of aliphatic hydroxyl groups excluding tert-OH is 1. The standard InChI is InChI=1S/C13H16N4O3/c18-8-7-14-5-6-15-13(20)11-16-10-4-2-1-3-9(10)12(19)17-11/h1-4,9,14,18H,5-8H2,(H,15,20). The maximum Gasteiger partial charge on any atom is 0.289 e. The second kappa shape index (κ2) is 6.88. The number of nitrogens with one attached hydrogen (secondary N) is 2. The highest BCUT2D eigenvalue weighted by atomic mass is 16.3. The molecule has 106 valence electrons. The summed E-state index contributed by atoms with van der Waals surface area (Å²) in [6.07, 6.45) is 6.93. The Morgan fingerprint density at radius 1 is 1.25 bits per heavy atom. The van der Waals surface area contributed by atoms with Crippen molar-refractivity contribution in [2.75, 3.05) is 26.2 Å². The molecule has 7 nitrogen and oxygen atoms in total. The van der Waals surface area contributed by atoms with Gasteiger partial charge in [-0.2, -0.15) is 4.99 Å². The molecule has 1 unspecified atom stereocenters. The van der Waals surface area contributed by atoms with Crippen LogP contribution in [0.25, 0.3) is 0 Å². The lowest BCUT2D eigenvalue weighted by atomic mass is 9.96. The van der Waals surface area contributed by atoms with Gasteiger partial charge >= 0.3 is 0 Å². The van der Waals surface area contributed by atoms with Crippen LogP contribution in [0.15, 0.2) is 34.3 Å². The van der Waals surface area contributed by atoms with Crippen molar-refractivity contribution < 1.29 is 14.7 Å². The van der Waals surface area contributed by atoms with Gasteiger partial charge in [0.1, 0.15) is 5.92 Å². The third-order valence-corrected chi connectivity index (χ3v) is 2.80. The molecule has 0 aromatic rings. The predicted molar refractivity (Wildman–Crippen MR) is 74.6 cm³/mol. The van der Waals surface area contributed by atoms with Gasteiger partial charge in [-0.25, -0.2) is 4.99 Å². The monoisotopic (exact) mass is 276 g/mol. The Hall–Kier alpha value is -2.12. The molecule has 0 spiro atoms. The van der Waals surface area contributed by atoms with Crippen molar-refractivity contribution in [3.05, 3.63) is 24.3 Å². The van der Waals surface area contributed by atoms with Gasteiger partial charge < -0.3 is 15.7 Å². The molecule has 3 N–H and O–H groups in total. The molecule has 0 saturated heterocycles. The third-order valence-electron chi connectivity index (χ3n) is 2.80. The van der Waals surface area contributed by atoms with E-state index >= 15 is 0 Å². The Bertz CT molecular complexity index is 520. The minimum atomic E-state index is -0.474. The quantitative estimate of drug-likeness (QED) is 0.530. The van der Waals surface area contributed by atoms with E-state index in [-0.39, 0.29) is 18.3 Å². The van der Waals surface area contributed by atoms with Gasteiger partial charge in [0.15, 0.2) is 0 Å². The Morgan fingerprint density at radius 2 is 2.10 bits per heavy atom. The summed E-state index contributed by atoms with van der Waals surface area (Å²) in [5.41, 5.74) is 0.538. The van der Waals surface area contributed by atoms with Crippen LogP contribution in [0.3, 0.4) is 0 Å². The largest absolute Gasteiger partial charge is 0.395 e. The average Bonchev–Trinajstić information content (AvgIpc) is 2.47. The van der Waals surface area contributed by atoms with Crippen LogP contribution in [0.1, 0.15) is 0 Å². The van der Waals surface area contributed by atoms with E-state index in [0.717, 1.165) is 0 Å². The summed E-state index contributed by atoms with van der Waals surface area (Å²) in [4.78, 5) is 31.4. The van der Waals surface area contributed by atoms with E-state index in [9.17, 15) is 9.59 Å². The summed E-state index contributed by atoms with van der Waals surface area (Å²) >= 11 is 0. The zero-order chi connectivity index (χ0) is 14.4. The number of amidine groups is 1. The molecule has 1 heterocycles. The average molecular weight is 276 g/mol. The fraction of sp³-hybridized carbons (Fsp3) is 0.385. The molecule has 7 heteroatoms. The van der Waals surface area contributed by atoms with Gasteiger partial charge in [0.05, 0.1) is 12.3 Å². The van der Waals surface area contributed by atoms with Gasteiger partial charge in [-0.15, -0.1) is 0 Å². The van der Waals surface area contributed by atoms with E-state index in [4.69, 9.17) is 5.11 Å². The van der Waals surface area contributed by atoms with Crippen LogP contribution in [-0.2, 0) is 9.59 Å². The molecular weight excluding hydrogens is 260 g/mol. The zero-order valence-electron chi connectivity index (χ0n) is 10.9. The summed E-state index contributed by atoms with van der Waals surface area (Å²) in [6, 6.07) is 0. The van der Waals surface area contributed by atoms with Crippen molar-refractivity contribution in [2.24, 2.45) is 15.9 Å². The molecule has 1 atom stereocenters. The minimum Gasteiger partial charge on any atom is -0.395 e. The Morgan fingerprint density at radius 3 is 2.90 bits per heavy atom. The molecule has 0 aromatic carbocycles. The highest BCUT2D eigenvalue weighted by Crippen LogP contribution is 2.15. The van der Waals surface area contributed by atoms with E-state index in [1.165, 1.54) is 0 Å². The number of carbonyl (C=O) groups is 2. The lowest BCUT2D eigenvalue weighted by molar-refractivity contribution is -0.119. The minimum absolute atomic E-state index is 0.0457. The van der Waals surface area contributed by atoms with E-state index < -0.39 is 11.8 Å². The third kappa shape index (κ3) is 3.46. The van der Waals surface area contributed by atoms with E-state index in [1.54, 1.807) is 24.3 Å². The maximum absolute atomic E-state index is 11.8. The van der Waals surface area contributed by atoms with E-state index in [2.05, 4.69) is 20.6 Å². The molecule has 2 rings (SSSR count). The van der Waals surface area contributed by atoms with Crippen LogP contribution in [0.4, 0.5) is 0 Å². The number of hydrogen-bond donors (Lipinski definition) is 3. The highest BCUT2D eigenvalue weighted by Gasteiger charge is 2.28. The van der Waals surface area contributed by atoms with Crippen molar-refractivity contribution in [3.63, 3.8) is 0 Å². The molecule has 0 bridgehead atoms. The summed E-state index contributed by atoms with van der Waals surface area (Å²) in [7, 11) is 0. The number of rotatable bonds is 6. The van der Waals surface area contributed by atoms with Gasteiger partial charge in [-0.1, -0.05) is 18.2 Å². The Kier molecular flexibility index (Phi) is 4.91. The van der Waals surface area contributed by atoms with Gasteiger partial charge in [-0.05, 0) is 6.08 Å². The number of hydrogen-bond acceptors (Lipinski definition) is 5. The van der Waals surface area contributed by atoms with Crippen molar-refractivity contribution in [3.8, 4) is 0 Å². The first kappa shape index (κ1) is 14.3. The van der Waals surface area contributed by atoms with E-state index in [0.29, 0.717) is 25.3 Å². The number of aliphatic imine (C=N–C) groups is 2. The first-order chi connectivity index (χ1) is 9.72.